The summed E-state index contributed by atoms with van der Waals surface area (Å²) in [5, 5.41) is 16.0. The quantitative estimate of drug-likeness (QED) is 0.0929. The molecule has 1 aliphatic carbocycles. The molecule has 3 aliphatic rings. The number of ether oxygens (including phenoxy) is 6. The zero-order chi connectivity index (χ0) is 37.7. The lowest BCUT2D eigenvalue weighted by atomic mass is 9.81. The first-order chi connectivity index (χ1) is 25.8. The van der Waals surface area contributed by atoms with Crippen LogP contribution in [0.3, 0.4) is 0 Å². The van der Waals surface area contributed by atoms with Gasteiger partial charge in [0.05, 0.1) is 62.3 Å². The van der Waals surface area contributed by atoms with E-state index in [4.69, 9.17) is 34.0 Å². The van der Waals surface area contributed by atoms with E-state index in [2.05, 4.69) is 40.1 Å². The van der Waals surface area contributed by atoms with Crippen molar-refractivity contribution in [2.24, 2.45) is 38.2 Å². The van der Waals surface area contributed by atoms with Gasteiger partial charge in [0, 0.05) is 25.6 Å². The minimum Gasteiger partial charge on any atom is -0.370 e. The third kappa shape index (κ3) is 9.71. The molecule has 0 N–H and O–H groups in total. The highest BCUT2D eigenvalue weighted by Gasteiger charge is 2.53. The largest absolute Gasteiger partial charge is 0.370 e. The van der Waals surface area contributed by atoms with Crippen molar-refractivity contribution in [2.75, 3.05) is 6.54 Å². The first-order valence-corrected chi connectivity index (χ1v) is 17.9. The molecule has 53 heavy (non-hydrogen) atoms. The number of hydrogen-bond acceptors (Lipinski definition) is 10. The van der Waals surface area contributed by atoms with Gasteiger partial charge in [-0.3, -0.25) is 0 Å². The van der Waals surface area contributed by atoms with Crippen LogP contribution in [-0.2, 0) is 41.6 Å². The summed E-state index contributed by atoms with van der Waals surface area (Å²) in [6.07, 6.45) is -5.71. The molecule has 2 saturated heterocycles. The molecule has 2 aliphatic heterocycles. The normalized spacial score (nSPS) is 35.2. The lowest BCUT2D eigenvalue weighted by molar-refractivity contribution is -0.301. The maximum absolute atomic E-state index is 9.76. The summed E-state index contributed by atoms with van der Waals surface area (Å²) in [6.45, 7) is 8.36. The van der Waals surface area contributed by atoms with Gasteiger partial charge in [-0.1, -0.05) is 109 Å². The second kappa shape index (κ2) is 19.5. The van der Waals surface area contributed by atoms with Crippen molar-refractivity contribution < 1.29 is 28.4 Å². The fourth-order valence-electron chi connectivity index (χ4n) is 7.44. The van der Waals surface area contributed by atoms with Crippen LogP contribution in [0.2, 0.25) is 0 Å². The number of rotatable bonds is 16. The Hall–Kier alpha value is -4.56. The molecule has 18 heteroatoms. The number of benzene rings is 2. The van der Waals surface area contributed by atoms with Gasteiger partial charge in [-0.05, 0) is 57.9 Å². The standard InChI is InChI=1S/C35H46N12O6/c1-5-27-22(4)30(48-18-23-12-8-6-9-13-23)35(50-27)53-33-31(49-19-24-14-10-7-11-15-24)25(41-45-37)16-26(42-46-38)32(33)52-34-29(43-47-39)21(3)20(2)28(51-34)17-40-44-36/h6-15,20-22,25-35H,5,16-19H2,1-4H3/t20-,21-,22?,25+,26?,27+,28?,29?,30?,31?,32+,33+,34+,35-/m0/s1. The molecule has 3 fully saturated rings. The summed E-state index contributed by atoms with van der Waals surface area (Å²) in [5.74, 6) is -0.494. The van der Waals surface area contributed by atoms with E-state index in [-0.39, 0.29) is 43.4 Å². The van der Waals surface area contributed by atoms with Crippen molar-refractivity contribution in [3.05, 3.63) is 114 Å². The van der Waals surface area contributed by atoms with Crippen LogP contribution in [-0.4, -0.2) is 73.9 Å². The first-order valence-electron chi connectivity index (χ1n) is 17.9. The highest BCUT2D eigenvalue weighted by Crippen LogP contribution is 2.41. The van der Waals surface area contributed by atoms with E-state index in [1.54, 1.807) is 0 Å². The molecule has 0 spiro atoms. The minimum atomic E-state index is -1.16. The highest BCUT2D eigenvalue weighted by molar-refractivity contribution is 5.15. The lowest BCUT2D eigenvalue weighted by Crippen LogP contribution is -2.61. The smallest absolute Gasteiger partial charge is 0.184 e. The monoisotopic (exact) mass is 730 g/mol. The van der Waals surface area contributed by atoms with Crippen molar-refractivity contribution in [3.63, 3.8) is 0 Å². The number of azide groups is 4. The van der Waals surface area contributed by atoms with Crippen LogP contribution in [0.5, 0.6) is 0 Å². The van der Waals surface area contributed by atoms with E-state index < -0.39 is 61.2 Å². The Balaban J connectivity index is 1.55. The Kier molecular flexibility index (Phi) is 14.6. The van der Waals surface area contributed by atoms with Crippen molar-refractivity contribution in [1.82, 2.24) is 0 Å². The maximum atomic E-state index is 9.76. The van der Waals surface area contributed by atoms with Crippen molar-refractivity contribution in [2.45, 2.75) is 121 Å². The average Bonchev–Trinajstić information content (AvgIpc) is 3.48. The van der Waals surface area contributed by atoms with Gasteiger partial charge in [-0.2, -0.15) is 0 Å². The predicted molar refractivity (Wildman–Crippen MR) is 192 cm³/mol. The van der Waals surface area contributed by atoms with E-state index in [1.807, 2.05) is 88.4 Å². The molecule has 1 saturated carbocycles. The summed E-state index contributed by atoms with van der Waals surface area (Å²) in [4.78, 5) is 12.2. The molecule has 18 nitrogen and oxygen atoms in total. The molecule has 14 atom stereocenters. The summed E-state index contributed by atoms with van der Waals surface area (Å²) in [5.41, 5.74) is 39.9. The van der Waals surface area contributed by atoms with Gasteiger partial charge < -0.3 is 28.4 Å². The zero-order valence-electron chi connectivity index (χ0n) is 30.2. The van der Waals surface area contributed by atoms with Crippen LogP contribution < -0.4 is 0 Å². The molecular formula is C35H46N12O6. The van der Waals surface area contributed by atoms with Gasteiger partial charge in [-0.25, -0.2) is 0 Å². The van der Waals surface area contributed by atoms with E-state index in [0.29, 0.717) is 13.0 Å². The van der Waals surface area contributed by atoms with E-state index in [9.17, 15) is 16.6 Å². The molecule has 2 heterocycles. The Morgan fingerprint density at radius 1 is 0.623 bits per heavy atom. The van der Waals surface area contributed by atoms with Crippen LogP contribution in [0.15, 0.2) is 81.1 Å². The summed E-state index contributed by atoms with van der Waals surface area (Å²) < 4.78 is 39.6. The molecule has 2 aromatic rings. The minimum absolute atomic E-state index is 0.0175. The lowest BCUT2D eigenvalue weighted by Gasteiger charge is -2.48. The van der Waals surface area contributed by atoms with Crippen molar-refractivity contribution in [1.29, 1.82) is 0 Å². The van der Waals surface area contributed by atoms with Crippen LogP contribution in [0.1, 0.15) is 51.7 Å². The fourth-order valence-corrected chi connectivity index (χ4v) is 7.44. The third-order valence-electron chi connectivity index (χ3n) is 10.6. The Bertz CT molecular complexity index is 1670. The molecule has 5 rings (SSSR count). The predicted octanol–water partition coefficient (Wildman–Crippen LogP) is 8.45. The van der Waals surface area contributed by atoms with Gasteiger partial charge >= 0.3 is 0 Å². The number of nitrogens with zero attached hydrogens (tertiary/aromatic N) is 12. The fraction of sp³-hybridized carbons (Fsp3) is 0.657. The van der Waals surface area contributed by atoms with Gasteiger partial charge in [0.1, 0.15) is 12.2 Å². The SMILES string of the molecule is CC[C@H]1O[C@@H](O[C@@H]2C(OCc3ccccc3)[C@H](N=[N+]=[N-])CC(N=[N+]=[N-])[C@H]2O[C@H]2OC(CN=[N+]=[N-])[C@@H](C)[C@H](C)C2N=[N+]=[N-])C(OCc2ccccc2)C1C. The van der Waals surface area contributed by atoms with Crippen LogP contribution in [0, 0.1) is 17.8 Å². The Morgan fingerprint density at radius 3 is 1.74 bits per heavy atom. The molecule has 0 radical (unpaired) electrons. The second-order valence-corrected chi connectivity index (χ2v) is 13.7. The Morgan fingerprint density at radius 2 is 1.17 bits per heavy atom. The van der Waals surface area contributed by atoms with Crippen molar-refractivity contribution in [3.8, 4) is 0 Å². The molecule has 0 aromatic heterocycles. The average molecular weight is 731 g/mol. The summed E-state index contributed by atoms with van der Waals surface area (Å²) >= 11 is 0. The molecule has 6 unspecified atom stereocenters. The van der Waals surface area contributed by atoms with Gasteiger partial charge in [0.2, 0.25) is 0 Å². The van der Waals surface area contributed by atoms with Crippen molar-refractivity contribution >= 4 is 0 Å². The van der Waals surface area contributed by atoms with E-state index in [1.165, 1.54) is 0 Å². The molecule has 282 valence electrons. The van der Waals surface area contributed by atoms with Crippen LogP contribution in [0.25, 0.3) is 41.8 Å². The summed E-state index contributed by atoms with van der Waals surface area (Å²) in [7, 11) is 0. The number of hydrogen-bond donors (Lipinski definition) is 0. The zero-order valence-corrected chi connectivity index (χ0v) is 30.2. The van der Waals surface area contributed by atoms with Gasteiger partial charge in [0.25, 0.3) is 0 Å². The maximum Gasteiger partial charge on any atom is 0.184 e. The molecule has 2 aromatic carbocycles. The second-order valence-electron chi connectivity index (χ2n) is 13.7. The van der Waals surface area contributed by atoms with E-state index in [0.717, 1.165) is 11.1 Å². The topological polar surface area (TPSA) is 250 Å². The third-order valence-corrected chi connectivity index (χ3v) is 10.6. The van der Waals surface area contributed by atoms with Crippen LogP contribution >= 0.6 is 0 Å². The van der Waals surface area contributed by atoms with Gasteiger partial charge in [0.15, 0.2) is 12.6 Å². The first kappa shape index (κ1) is 39.6. The van der Waals surface area contributed by atoms with Crippen LogP contribution in [0.4, 0.5) is 0 Å². The summed E-state index contributed by atoms with van der Waals surface area (Å²) in [6, 6.07) is 16.7. The highest BCUT2D eigenvalue weighted by atomic mass is 16.7. The van der Waals surface area contributed by atoms with E-state index >= 15 is 0 Å². The molecular weight excluding hydrogens is 684 g/mol. The Labute approximate surface area is 307 Å². The molecule has 0 bridgehead atoms. The molecule has 0 amide bonds. The van der Waals surface area contributed by atoms with Gasteiger partial charge in [-0.15, -0.1) is 0 Å².